The molecule has 0 radical (unpaired) electrons. The van der Waals surface area contributed by atoms with Crippen molar-refractivity contribution >= 4 is 5.82 Å². The van der Waals surface area contributed by atoms with Gasteiger partial charge in [-0.05, 0) is 31.9 Å². The number of hydrogen-bond donors (Lipinski definition) is 1. The molecule has 1 aromatic rings. The highest BCUT2D eigenvalue weighted by atomic mass is 15.0. The molecule has 1 heterocycles. The van der Waals surface area contributed by atoms with Gasteiger partial charge in [-0.2, -0.15) is 5.26 Å². The second kappa shape index (κ2) is 5.78. The topological polar surface area (TPSA) is 48.7 Å². The highest BCUT2D eigenvalue weighted by molar-refractivity contribution is 5.56. The van der Waals surface area contributed by atoms with Gasteiger partial charge in [0.25, 0.3) is 0 Å². The third kappa shape index (κ3) is 3.00. The standard InChI is InChI=1S/C13H15N3/c1-4-5-6-7-15-13-12(9-14)10(2)8-11(3)16-13/h1,8H,5-7H2,2-3H3,(H,15,16). The Kier molecular flexibility index (Phi) is 4.36. The Balaban J connectivity index is 2.79. The Bertz CT molecular complexity index is 449. The largest absolute Gasteiger partial charge is 0.369 e. The van der Waals surface area contributed by atoms with Crippen LogP contribution in [0.25, 0.3) is 0 Å². The number of nitrogens with one attached hydrogen (secondary N) is 1. The summed E-state index contributed by atoms with van der Waals surface area (Å²) in [4.78, 5) is 4.32. The molecule has 0 aliphatic carbocycles. The number of hydrogen-bond acceptors (Lipinski definition) is 3. The molecule has 82 valence electrons. The minimum absolute atomic E-state index is 0.617. The van der Waals surface area contributed by atoms with E-state index in [1.807, 2.05) is 19.9 Å². The first kappa shape index (κ1) is 12.1. The summed E-state index contributed by atoms with van der Waals surface area (Å²) in [7, 11) is 0. The molecule has 0 saturated carbocycles. The lowest BCUT2D eigenvalue weighted by Crippen LogP contribution is -2.07. The van der Waals surface area contributed by atoms with Crippen molar-refractivity contribution in [3.05, 3.63) is 22.9 Å². The first-order valence-electron chi connectivity index (χ1n) is 5.24. The molecule has 3 nitrogen and oxygen atoms in total. The Morgan fingerprint density at radius 2 is 2.25 bits per heavy atom. The monoisotopic (exact) mass is 213 g/mol. The van der Waals surface area contributed by atoms with Gasteiger partial charge in [0.2, 0.25) is 0 Å². The van der Waals surface area contributed by atoms with Crippen LogP contribution in [-0.2, 0) is 0 Å². The molecule has 0 amide bonds. The van der Waals surface area contributed by atoms with Crippen LogP contribution >= 0.6 is 0 Å². The molecule has 1 N–H and O–H groups in total. The zero-order valence-electron chi connectivity index (χ0n) is 9.67. The van der Waals surface area contributed by atoms with Gasteiger partial charge in [0.1, 0.15) is 11.9 Å². The fraction of sp³-hybridized carbons (Fsp3) is 0.385. The summed E-state index contributed by atoms with van der Waals surface area (Å²) in [5.74, 6) is 3.24. The highest BCUT2D eigenvalue weighted by Crippen LogP contribution is 2.17. The van der Waals surface area contributed by atoms with E-state index in [0.717, 1.165) is 30.6 Å². The van der Waals surface area contributed by atoms with Crippen molar-refractivity contribution in [3.63, 3.8) is 0 Å². The smallest absolute Gasteiger partial charge is 0.144 e. The predicted molar refractivity (Wildman–Crippen MR) is 65.0 cm³/mol. The molecule has 0 fully saturated rings. The molecule has 0 aromatic carbocycles. The molecular weight excluding hydrogens is 198 g/mol. The normalized spacial score (nSPS) is 9.25. The van der Waals surface area contributed by atoms with E-state index < -0.39 is 0 Å². The molecule has 0 aliphatic rings. The molecule has 0 bridgehead atoms. The molecule has 1 aromatic heterocycles. The SMILES string of the molecule is C#CCCCNc1nc(C)cc(C)c1C#N. The van der Waals surface area contributed by atoms with E-state index >= 15 is 0 Å². The minimum atomic E-state index is 0.617. The molecular formula is C13H15N3. The summed E-state index contributed by atoms with van der Waals surface area (Å²) in [6, 6.07) is 4.07. The Morgan fingerprint density at radius 1 is 1.50 bits per heavy atom. The van der Waals surface area contributed by atoms with E-state index in [-0.39, 0.29) is 0 Å². The van der Waals surface area contributed by atoms with E-state index in [4.69, 9.17) is 11.7 Å². The molecule has 1 rings (SSSR count). The number of rotatable bonds is 4. The number of terminal acetylenes is 1. The van der Waals surface area contributed by atoms with Crippen LogP contribution in [0.1, 0.15) is 29.7 Å². The average molecular weight is 213 g/mol. The number of nitrogens with zero attached hydrogens (tertiary/aromatic N) is 2. The summed E-state index contributed by atoms with van der Waals surface area (Å²) in [5.41, 5.74) is 2.48. The molecule has 0 aliphatic heterocycles. The maximum atomic E-state index is 9.03. The van der Waals surface area contributed by atoms with Crippen LogP contribution in [0.3, 0.4) is 0 Å². The highest BCUT2D eigenvalue weighted by Gasteiger charge is 2.07. The van der Waals surface area contributed by atoms with Crippen LogP contribution in [0.5, 0.6) is 0 Å². The van der Waals surface area contributed by atoms with Crippen LogP contribution in [0, 0.1) is 37.5 Å². The van der Waals surface area contributed by atoms with Gasteiger partial charge in [-0.1, -0.05) is 0 Å². The number of unbranched alkanes of at least 4 members (excludes halogenated alkanes) is 1. The van der Waals surface area contributed by atoms with Crippen molar-refractivity contribution in [2.24, 2.45) is 0 Å². The molecule has 3 heteroatoms. The van der Waals surface area contributed by atoms with Crippen LogP contribution in [0.4, 0.5) is 5.82 Å². The second-order valence-electron chi connectivity index (χ2n) is 3.65. The minimum Gasteiger partial charge on any atom is -0.369 e. The summed E-state index contributed by atoms with van der Waals surface area (Å²) in [6.07, 6.45) is 6.79. The number of nitriles is 1. The second-order valence-corrected chi connectivity index (χ2v) is 3.65. The van der Waals surface area contributed by atoms with Crippen molar-refractivity contribution in [1.82, 2.24) is 4.98 Å². The number of aryl methyl sites for hydroxylation is 2. The summed E-state index contributed by atoms with van der Waals surface area (Å²) >= 11 is 0. The number of aromatic nitrogens is 1. The third-order valence-electron chi connectivity index (χ3n) is 2.25. The van der Waals surface area contributed by atoms with E-state index in [1.54, 1.807) is 0 Å². The zero-order valence-corrected chi connectivity index (χ0v) is 9.67. The van der Waals surface area contributed by atoms with E-state index in [0.29, 0.717) is 11.4 Å². The van der Waals surface area contributed by atoms with Crippen molar-refractivity contribution in [2.45, 2.75) is 26.7 Å². The quantitative estimate of drug-likeness (QED) is 0.617. The third-order valence-corrected chi connectivity index (χ3v) is 2.25. The maximum Gasteiger partial charge on any atom is 0.144 e. The van der Waals surface area contributed by atoms with Gasteiger partial charge in [0.05, 0.1) is 5.56 Å². The van der Waals surface area contributed by atoms with Crippen molar-refractivity contribution < 1.29 is 0 Å². The lowest BCUT2D eigenvalue weighted by atomic mass is 10.1. The Morgan fingerprint density at radius 3 is 2.88 bits per heavy atom. The molecule has 0 atom stereocenters. The Labute approximate surface area is 96.5 Å². The molecule has 16 heavy (non-hydrogen) atoms. The van der Waals surface area contributed by atoms with Gasteiger partial charge in [0, 0.05) is 18.7 Å². The average Bonchev–Trinajstić information content (AvgIpc) is 2.24. The van der Waals surface area contributed by atoms with Crippen LogP contribution < -0.4 is 5.32 Å². The first-order valence-corrected chi connectivity index (χ1v) is 5.24. The summed E-state index contributed by atoms with van der Waals surface area (Å²) in [5, 5.41) is 12.2. The van der Waals surface area contributed by atoms with Crippen LogP contribution in [0.2, 0.25) is 0 Å². The molecule has 0 spiro atoms. The number of anilines is 1. The van der Waals surface area contributed by atoms with Crippen LogP contribution in [0.15, 0.2) is 6.07 Å². The van der Waals surface area contributed by atoms with Crippen molar-refractivity contribution in [3.8, 4) is 18.4 Å². The van der Waals surface area contributed by atoms with Gasteiger partial charge in [0.15, 0.2) is 0 Å². The van der Waals surface area contributed by atoms with Gasteiger partial charge < -0.3 is 5.32 Å². The molecule has 0 saturated heterocycles. The van der Waals surface area contributed by atoms with Gasteiger partial charge in [-0.25, -0.2) is 4.98 Å². The van der Waals surface area contributed by atoms with Crippen molar-refractivity contribution in [1.29, 1.82) is 5.26 Å². The lowest BCUT2D eigenvalue weighted by molar-refractivity contribution is 0.898. The fourth-order valence-electron chi connectivity index (χ4n) is 1.50. The van der Waals surface area contributed by atoms with Gasteiger partial charge in [-0.15, -0.1) is 12.3 Å². The van der Waals surface area contributed by atoms with Gasteiger partial charge in [-0.3, -0.25) is 0 Å². The van der Waals surface area contributed by atoms with E-state index in [2.05, 4.69) is 22.3 Å². The van der Waals surface area contributed by atoms with E-state index in [1.165, 1.54) is 0 Å². The van der Waals surface area contributed by atoms with Crippen LogP contribution in [-0.4, -0.2) is 11.5 Å². The van der Waals surface area contributed by atoms with Crippen molar-refractivity contribution in [2.75, 3.05) is 11.9 Å². The van der Waals surface area contributed by atoms with E-state index in [9.17, 15) is 0 Å². The maximum absolute atomic E-state index is 9.03. The van der Waals surface area contributed by atoms with Gasteiger partial charge >= 0.3 is 0 Å². The lowest BCUT2D eigenvalue weighted by Gasteiger charge is -2.09. The summed E-state index contributed by atoms with van der Waals surface area (Å²) in [6.45, 7) is 4.58. The predicted octanol–water partition coefficient (Wildman–Crippen LogP) is 2.40. The zero-order chi connectivity index (χ0) is 12.0. The number of pyridine rings is 1. The molecule has 0 unspecified atom stereocenters. The summed E-state index contributed by atoms with van der Waals surface area (Å²) < 4.78 is 0. The first-order chi connectivity index (χ1) is 7.69. The fourth-order valence-corrected chi connectivity index (χ4v) is 1.50. The Hall–Kier alpha value is -2.00.